The molecule has 2 nitrogen and oxygen atoms in total. The van der Waals surface area contributed by atoms with Gasteiger partial charge in [0.05, 0.1) is 0 Å². The first-order valence-electron chi connectivity index (χ1n) is 6.72. The number of benzene rings is 2. The fourth-order valence-electron chi connectivity index (χ4n) is 1.96. The molecule has 2 aromatic rings. The molecule has 0 heterocycles. The number of halogens is 2. The Labute approximate surface area is 140 Å². The van der Waals surface area contributed by atoms with Gasteiger partial charge < -0.3 is 10.2 Å². The Balaban J connectivity index is 2.62. The molecular formula is C18H16Cl2O2. The minimum Gasteiger partial charge on any atom is -0.378 e. The molecule has 2 rings (SSSR count). The fourth-order valence-corrected chi connectivity index (χ4v) is 2.28. The van der Waals surface area contributed by atoms with E-state index in [1.807, 2.05) is 0 Å². The highest BCUT2D eigenvalue weighted by Gasteiger charge is 2.30. The number of aliphatic hydroxyl groups is 2. The van der Waals surface area contributed by atoms with Crippen LogP contribution in [-0.4, -0.2) is 15.8 Å². The summed E-state index contributed by atoms with van der Waals surface area (Å²) in [6.45, 7) is 3.11. The molecule has 22 heavy (non-hydrogen) atoms. The van der Waals surface area contributed by atoms with Gasteiger partial charge in [-0.2, -0.15) is 0 Å². The van der Waals surface area contributed by atoms with Gasteiger partial charge in [-0.1, -0.05) is 59.3 Å². The molecule has 0 spiro atoms. The molecule has 4 heteroatoms. The monoisotopic (exact) mass is 334 g/mol. The second-order valence-corrected chi connectivity index (χ2v) is 6.41. The van der Waals surface area contributed by atoms with Crippen LogP contribution in [0.4, 0.5) is 0 Å². The van der Waals surface area contributed by atoms with Crippen molar-refractivity contribution in [2.24, 2.45) is 0 Å². The Kier molecular flexibility index (Phi) is 4.84. The lowest BCUT2D eigenvalue weighted by atomic mass is 9.86. The third kappa shape index (κ3) is 4.03. The quantitative estimate of drug-likeness (QED) is 0.815. The van der Waals surface area contributed by atoms with Crippen LogP contribution in [-0.2, 0) is 5.60 Å². The van der Waals surface area contributed by atoms with Gasteiger partial charge in [0.25, 0.3) is 0 Å². The summed E-state index contributed by atoms with van der Waals surface area (Å²) in [5, 5.41) is 22.0. The van der Waals surface area contributed by atoms with E-state index in [1.54, 1.807) is 62.4 Å². The van der Waals surface area contributed by atoms with Crippen molar-refractivity contribution in [3.8, 4) is 11.8 Å². The molecule has 0 unspecified atom stereocenters. The van der Waals surface area contributed by atoms with E-state index in [2.05, 4.69) is 11.8 Å². The standard InChI is InChI=1S/C18H16Cl2O2/c1-17(2,21)10-11-18(22,13-6-8-15(19)9-7-13)14-4-3-5-16(20)12-14/h3-9,12,21-22H,1-2H3/t18-/m1/s1. The summed E-state index contributed by atoms with van der Waals surface area (Å²) in [6, 6.07) is 13.6. The van der Waals surface area contributed by atoms with Crippen LogP contribution in [0.15, 0.2) is 48.5 Å². The predicted molar refractivity (Wildman–Crippen MR) is 90.0 cm³/mol. The third-order valence-corrected chi connectivity index (χ3v) is 3.54. The Bertz CT molecular complexity index is 721. The fraction of sp³-hybridized carbons (Fsp3) is 0.222. The van der Waals surface area contributed by atoms with Crippen molar-refractivity contribution >= 4 is 23.2 Å². The number of hydrogen-bond acceptors (Lipinski definition) is 2. The molecule has 0 aliphatic carbocycles. The van der Waals surface area contributed by atoms with Crippen LogP contribution in [0.3, 0.4) is 0 Å². The second-order valence-electron chi connectivity index (χ2n) is 5.54. The third-order valence-electron chi connectivity index (χ3n) is 3.05. The van der Waals surface area contributed by atoms with Gasteiger partial charge in [0.1, 0.15) is 5.60 Å². The minimum atomic E-state index is -1.59. The van der Waals surface area contributed by atoms with Crippen LogP contribution in [0.25, 0.3) is 0 Å². The maximum atomic E-state index is 11.1. The lowest BCUT2D eigenvalue weighted by Crippen LogP contribution is -2.27. The molecular weight excluding hydrogens is 319 g/mol. The van der Waals surface area contributed by atoms with Crippen LogP contribution in [0, 0.1) is 11.8 Å². The van der Waals surface area contributed by atoms with E-state index in [0.29, 0.717) is 21.2 Å². The minimum absolute atomic E-state index is 0.495. The van der Waals surface area contributed by atoms with E-state index >= 15 is 0 Å². The summed E-state index contributed by atoms with van der Waals surface area (Å²) in [5.41, 5.74) is -1.73. The Morgan fingerprint density at radius 1 is 0.818 bits per heavy atom. The SMILES string of the molecule is CC(C)(O)C#C[C@@](O)(c1ccc(Cl)cc1)c1cccc(Cl)c1. The highest BCUT2D eigenvalue weighted by Crippen LogP contribution is 2.31. The van der Waals surface area contributed by atoms with Crippen LogP contribution >= 0.6 is 23.2 Å². The molecule has 0 saturated carbocycles. The normalized spacial score (nSPS) is 13.9. The lowest BCUT2D eigenvalue weighted by Gasteiger charge is -2.24. The molecule has 114 valence electrons. The van der Waals surface area contributed by atoms with E-state index < -0.39 is 11.2 Å². The van der Waals surface area contributed by atoms with Gasteiger partial charge in [-0.25, -0.2) is 0 Å². The van der Waals surface area contributed by atoms with Crippen molar-refractivity contribution in [1.82, 2.24) is 0 Å². The van der Waals surface area contributed by atoms with Crippen LogP contribution in [0.1, 0.15) is 25.0 Å². The summed E-state index contributed by atoms with van der Waals surface area (Å²) in [4.78, 5) is 0. The topological polar surface area (TPSA) is 40.5 Å². The molecule has 0 radical (unpaired) electrons. The summed E-state index contributed by atoms with van der Waals surface area (Å²) >= 11 is 11.9. The lowest BCUT2D eigenvalue weighted by molar-refractivity contribution is 0.132. The van der Waals surface area contributed by atoms with Crippen molar-refractivity contribution in [1.29, 1.82) is 0 Å². The van der Waals surface area contributed by atoms with Gasteiger partial charge in [-0.05, 0) is 38.1 Å². The van der Waals surface area contributed by atoms with Gasteiger partial charge in [-0.15, -0.1) is 0 Å². The van der Waals surface area contributed by atoms with Crippen LogP contribution < -0.4 is 0 Å². The molecule has 0 fully saturated rings. The average Bonchev–Trinajstić information content (AvgIpc) is 2.45. The van der Waals surface area contributed by atoms with Crippen molar-refractivity contribution < 1.29 is 10.2 Å². The molecule has 0 aliphatic rings. The first kappa shape index (κ1) is 16.9. The Morgan fingerprint density at radius 2 is 1.45 bits per heavy atom. The van der Waals surface area contributed by atoms with Crippen LogP contribution in [0.5, 0.6) is 0 Å². The smallest absolute Gasteiger partial charge is 0.177 e. The zero-order valence-electron chi connectivity index (χ0n) is 12.3. The zero-order valence-corrected chi connectivity index (χ0v) is 13.8. The first-order chi connectivity index (χ1) is 10.2. The first-order valence-corrected chi connectivity index (χ1v) is 7.47. The molecule has 0 saturated heterocycles. The van der Waals surface area contributed by atoms with Crippen molar-refractivity contribution in [2.75, 3.05) is 0 Å². The number of rotatable bonds is 2. The highest BCUT2D eigenvalue weighted by atomic mass is 35.5. The molecule has 0 aliphatic heterocycles. The Morgan fingerprint density at radius 3 is 2.00 bits per heavy atom. The summed E-state index contributed by atoms with van der Waals surface area (Å²) in [6.07, 6.45) is 0. The summed E-state index contributed by atoms with van der Waals surface area (Å²) in [7, 11) is 0. The van der Waals surface area contributed by atoms with E-state index in [4.69, 9.17) is 23.2 Å². The van der Waals surface area contributed by atoms with E-state index in [-0.39, 0.29) is 0 Å². The van der Waals surface area contributed by atoms with Gasteiger partial charge in [0, 0.05) is 21.2 Å². The van der Waals surface area contributed by atoms with Crippen molar-refractivity contribution in [2.45, 2.75) is 25.0 Å². The van der Waals surface area contributed by atoms with Gasteiger partial charge in [0.15, 0.2) is 5.60 Å². The summed E-state index contributed by atoms with van der Waals surface area (Å²) in [5.74, 6) is 5.44. The van der Waals surface area contributed by atoms with E-state index in [1.165, 1.54) is 0 Å². The van der Waals surface area contributed by atoms with Crippen LogP contribution in [0.2, 0.25) is 10.0 Å². The van der Waals surface area contributed by atoms with Crippen molar-refractivity contribution in [3.63, 3.8) is 0 Å². The zero-order chi connectivity index (χ0) is 16.4. The van der Waals surface area contributed by atoms with E-state index in [0.717, 1.165) is 0 Å². The molecule has 2 aromatic carbocycles. The second kappa shape index (κ2) is 6.32. The molecule has 0 aromatic heterocycles. The molecule has 2 N–H and O–H groups in total. The molecule has 0 amide bonds. The van der Waals surface area contributed by atoms with Crippen molar-refractivity contribution in [3.05, 3.63) is 69.7 Å². The number of hydrogen-bond donors (Lipinski definition) is 2. The summed E-state index contributed by atoms with van der Waals surface area (Å²) < 4.78 is 0. The van der Waals surface area contributed by atoms with Gasteiger partial charge >= 0.3 is 0 Å². The van der Waals surface area contributed by atoms with Gasteiger partial charge in [0.2, 0.25) is 0 Å². The average molecular weight is 335 g/mol. The largest absolute Gasteiger partial charge is 0.378 e. The maximum Gasteiger partial charge on any atom is 0.177 e. The Hall–Kier alpha value is -1.50. The van der Waals surface area contributed by atoms with E-state index in [9.17, 15) is 10.2 Å². The highest BCUT2D eigenvalue weighted by molar-refractivity contribution is 6.30. The maximum absolute atomic E-state index is 11.1. The van der Waals surface area contributed by atoms with Gasteiger partial charge in [-0.3, -0.25) is 0 Å². The predicted octanol–water partition coefficient (Wildman–Crippen LogP) is 4.00. The molecule has 1 atom stereocenters. The molecule has 0 bridgehead atoms.